The van der Waals surface area contributed by atoms with Crippen LogP contribution < -0.4 is 0 Å². The van der Waals surface area contributed by atoms with Crippen molar-refractivity contribution in [1.82, 2.24) is 9.78 Å². The van der Waals surface area contributed by atoms with Gasteiger partial charge in [-0.2, -0.15) is 10.1 Å². The number of carbonyl (C=O) groups excluding carboxylic acids is 1. The molecule has 4 nitrogen and oxygen atoms in total. The van der Waals surface area contributed by atoms with Crippen LogP contribution in [0, 0.1) is 0 Å². The van der Waals surface area contributed by atoms with Crippen LogP contribution in [0.2, 0.25) is 5.15 Å². The second kappa shape index (κ2) is 4.48. The van der Waals surface area contributed by atoms with E-state index in [1.165, 1.54) is 0 Å². The molecule has 0 atom stereocenters. The molecule has 0 saturated heterocycles. The van der Waals surface area contributed by atoms with Crippen molar-refractivity contribution in [1.29, 1.82) is 0 Å². The minimum absolute atomic E-state index is 0.464. The summed E-state index contributed by atoms with van der Waals surface area (Å²) in [5.41, 5.74) is 1.51. The first kappa shape index (κ1) is 12.4. The van der Waals surface area contributed by atoms with Crippen LogP contribution in [0.4, 0.5) is 0 Å². The molecule has 0 aliphatic heterocycles. The Hall–Kier alpha value is -1.64. The SMILES string of the molecule is Cn1nc(Cl)c2c(C3(N=C=O)CCCC3)cccc21. The minimum atomic E-state index is -0.464. The molecule has 1 saturated carbocycles. The molecule has 0 radical (unpaired) electrons. The number of rotatable bonds is 2. The summed E-state index contributed by atoms with van der Waals surface area (Å²) in [6.45, 7) is 0. The van der Waals surface area contributed by atoms with E-state index >= 15 is 0 Å². The highest BCUT2D eigenvalue weighted by Crippen LogP contribution is 2.45. The summed E-state index contributed by atoms with van der Waals surface area (Å²) >= 11 is 6.25. The number of hydrogen-bond acceptors (Lipinski definition) is 3. The van der Waals surface area contributed by atoms with E-state index in [-0.39, 0.29) is 0 Å². The Labute approximate surface area is 116 Å². The molecule has 2 aromatic rings. The standard InChI is InChI=1S/C14H14ClN3O/c1-18-11-6-4-5-10(12(11)13(15)17-18)14(16-9-19)7-2-3-8-14/h4-6H,2-3,7-8H2,1H3. The zero-order valence-electron chi connectivity index (χ0n) is 10.7. The first-order valence-corrected chi connectivity index (χ1v) is 6.76. The number of isocyanates is 1. The molecular weight excluding hydrogens is 262 g/mol. The van der Waals surface area contributed by atoms with Crippen LogP contribution in [0.1, 0.15) is 31.2 Å². The molecule has 19 heavy (non-hydrogen) atoms. The number of nitrogens with zero attached hydrogens (tertiary/aromatic N) is 3. The summed E-state index contributed by atoms with van der Waals surface area (Å²) in [5, 5.41) is 5.64. The Morgan fingerprint density at radius 3 is 2.84 bits per heavy atom. The van der Waals surface area contributed by atoms with E-state index in [1.54, 1.807) is 10.8 Å². The van der Waals surface area contributed by atoms with Crippen molar-refractivity contribution in [3.05, 3.63) is 28.9 Å². The molecule has 1 aliphatic rings. The fourth-order valence-electron chi connectivity index (χ4n) is 3.14. The highest BCUT2D eigenvalue weighted by atomic mass is 35.5. The van der Waals surface area contributed by atoms with Gasteiger partial charge in [-0.15, -0.1) is 0 Å². The fraction of sp³-hybridized carbons (Fsp3) is 0.429. The van der Waals surface area contributed by atoms with E-state index in [2.05, 4.69) is 10.1 Å². The quantitative estimate of drug-likeness (QED) is 0.623. The van der Waals surface area contributed by atoms with Crippen LogP contribution in [-0.4, -0.2) is 15.9 Å². The average molecular weight is 276 g/mol. The van der Waals surface area contributed by atoms with Crippen molar-refractivity contribution in [2.45, 2.75) is 31.2 Å². The smallest absolute Gasteiger partial charge is 0.235 e. The lowest BCUT2D eigenvalue weighted by atomic mass is 9.87. The summed E-state index contributed by atoms with van der Waals surface area (Å²) in [5.74, 6) is 0. The Kier molecular flexibility index (Phi) is 2.92. The number of aromatic nitrogens is 2. The predicted octanol–water partition coefficient (Wildman–Crippen LogP) is 3.33. The molecule has 1 aliphatic carbocycles. The Balaban J connectivity index is 2.32. The maximum atomic E-state index is 10.8. The molecule has 1 heterocycles. The normalized spacial score (nSPS) is 17.6. The molecule has 0 bridgehead atoms. The molecule has 98 valence electrons. The third-order valence-electron chi connectivity index (χ3n) is 4.03. The van der Waals surface area contributed by atoms with Crippen LogP contribution in [0.5, 0.6) is 0 Å². The molecule has 0 spiro atoms. The first-order chi connectivity index (χ1) is 9.18. The number of aryl methyl sites for hydroxylation is 1. The van der Waals surface area contributed by atoms with Gasteiger partial charge in [0, 0.05) is 12.4 Å². The number of aliphatic imine (C=N–C) groups is 1. The number of fused-ring (bicyclic) bond motifs is 1. The van der Waals surface area contributed by atoms with Crippen LogP contribution in [0.25, 0.3) is 10.9 Å². The lowest BCUT2D eigenvalue weighted by Crippen LogP contribution is -2.19. The predicted molar refractivity (Wildman–Crippen MR) is 74.0 cm³/mol. The topological polar surface area (TPSA) is 47.2 Å². The molecule has 5 heteroatoms. The van der Waals surface area contributed by atoms with Crippen LogP contribution in [0.15, 0.2) is 23.2 Å². The van der Waals surface area contributed by atoms with Gasteiger partial charge in [0.25, 0.3) is 0 Å². The van der Waals surface area contributed by atoms with E-state index in [1.807, 2.05) is 25.2 Å². The summed E-state index contributed by atoms with van der Waals surface area (Å²) in [4.78, 5) is 14.9. The van der Waals surface area contributed by atoms with Gasteiger partial charge in [-0.3, -0.25) is 4.68 Å². The Bertz CT molecular complexity index is 679. The molecule has 1 aromatic heterocycles. The van der Waals surface area contributed by atoms with E-state index in [4.69, 9.17) is 11.6 Å². The van der Waals surface area contributed by atoms with Crippen molar-refractivity contribution < 1.29 is 4.79 Å². The summed E-state index contributed by atoms with van der Waals surface area (Å²) < 4.78 is 1.76. The van der Waals surface area contributed by atoms with E-state index < -0.39 is 5.54 Å². The third-order valence-corrected chi connectivity index (χ3v) is 4.29. The zero-order chi connectivity index (χ0) is 13.5. The van der Waals surface area contributed by atoms with Gasteiger partial charge in [-0.1, -0.05) is 36.6 Å². The monoisotopic (exact) mass is 275 g/mol. The fourth-order valence-corrected chi connectivity index (χ4v) is 3.45. The maximum absolute atomic E-state index is 10.8. The van der Waals surface area contributed by atoms with Gasteiger partial charge in [0.1, 0.15) is 0 Å². The zero-order valence-corrected chi connectivity index (χ0v) is 11.4. The Morgan fingerprint density at radius 2 is 2.16 bits per heavy atom. The minimum Gasteiger partial charge on any atom is -0.266 e. The molecule has 0 amide bonds. The van der Waals surface area contributed by atoms with Gasteiger partial charge in [0.05, 0.1) is 11.1 Å². The summed E-state index contributed by atoms with van der Waals surface area (Å²) in [6.07, 6.45) is 5.62. The molecule has 1 aromatic carbocycles. The van der Waals surface area contributed by atoms with Crippen molar-refractivity contribution in [2.75, 3.05) is 0 Å². The highest BCUT2D eigenvalue weighted by molar-refractivity contribution is 6.34. The van der Waals surface area contributed by atoms with Crippen molar-refractivity contribution in [3.8, 4) is 0 Å². The average Bonchev–Trinajstić information content (AvgIpc) is 2.97. The van der Waals surface area contributed by atoms with Crippen molar-refractivity contribution >= 4 is 28.6 Å². The Morgan fingerprint density at radius 1 is 1.42 bits per heavy atom. The molecule has 3 rings (SSSR count). The number of halogens is 1. The van der Waals surface area contributed by atoms with Gasteiger partial charge in [0.2, 0.25) is 6.08 Å². The summed E-state index contributed by atoms with van der Waals surface area (Å²) in [6, 6.07) is 5.95. The van der Waals surface area contributed by atoms with Gasteiger partial charge < -0.3 is 0 Å². The van der Waals surface area contributed by atoms with E-state index in [0.717, 1.165) is 42.1 Å². The first-order valence-electron chi connectivity index (χ1n) is 6.39. The van der Waals surface area contributed by atoms with E-state index in [0.29, 0.717) is 5.15 Å². The molecule has 1 fully saturated rings. The second-order valence-electron chi connectivity index (χ2n) is 5.06. The van der Waals surface area contributed by atoms with E-state index in [9.17, 15) is 4.79 Å². The number of hydrogen-bond donors (Lipinski definition) is 0. The van der Waals surface area contributed by atoms with Gasteiger partial charge in [-0.25, -0.2) is 4.79 Å². The van der Waals surface area contributed by atoms with Gasteiger partial charge in [-0.05, 0) is 24.5 Å². The van der Waals surface area contributed by atoms with Crippen molar-refractivity contribution in [3.63, 3.8) is 0 Å². The third kappa shape index (κ3) is 1.79. The summed E-state index contributed by atoms with van der Waals surface area (Å²) in [7, 11) is 1.86. The lowest BCUT2D eigenvalue weighted by molar-refractivity contribution is 0.459. The van der Waals surface area contributed by atoms with Gasteiger partial charge >= 0.3 is 0 Å². The molecule has 0 unspecified atom stereocenters. The van der Waals surface area contributed by atoms with Crippen LogP contribution in [0.3, 0.4) is 0 Å². The van der Waals surface area contributed by atoms with Crippen LogP contribution >= 0.6 is 11.6 Å². The van der Waals surface area contributed by atoms with Crippen LogP contribution in [-0.2, 0) is 17.4 Å². The molecule has 0 N–H and O–H groups in total. The number of benzene rings is 1. The van der Waals surface area contributed by atoms with Gasteiger partial charge in [0.15, 0.2) is 5.15 Å². The van der Waals surface area contributed by atoms with Crippen molar-refractivity contribution in [2.24, 2.45) is 12.0 Å². The largest absolute Gasteiger partial charge is 0.266 e. The second-order valence-corrected chi connectivity index (χ2v) is 5.41. The maximum Gasteiger partial charge on any atom is 0.235 e. The molecular formula is C14H14ClN3O. The lowest BCUT2D eigenvalue weighted by Gasteiger charge is -2.23. The highest BCUT2D eigenvalue weighted by Gasteiger charge is 2.37.